The van der Waals surface area contributed by atoms with Crippen molar-refractivity contribution >= 4 is 12.1 Å². The summed E-state index contributed by atoms with van der Waals surface area (Å²) in [7, 11) is 1.90. The normalized spacial score (nSPS) is 26.3. The third-order valence-corrected chi connectivity index (χ3v) is 3.85. The van der Waals surface area contributed by atoms with E-state index in [0.717, 1.165) is 24.1 Å². The number of hydrogen-bond acceptors (Lipinski definition) is 2. The molecule has 3 nitrogen and oxygen atoms in total. The topological polar surface area (TPSA) is 32.7 Å². The van der Waals surface area contributed by atoms with Crippen LogP contribution in [0.3, 0.4) is 0 Å². The van der Waals surface area contributed by atoms with Gasteiger partial charge in [-0.1, -0.05) is 24.3 Å². The molecule has 0 bridgehead atoms. The van der Waals surface area contributed by atoms with Crippen LogP contribution in [-0.4, -0.2) is 36.7 Å². The van der Waals surface area contributed by atoms with E-state index in [4.69, 9.17) is 0 Å². The van der Waals surface area contributed by atoms with Crippen LogP contribution in [0.25, 0.3) is 0 Å². The lowest BCUT2D eigenvalue weighted by atomic mass is 9.85. The first-order chi connectivity index (χ1) is 8.77. The zero-order chi connectivity index (χ0) is 12.5. The molecule has 2 unspecified atom stereocenters. The number of dihydropyridines is 1. The van der Waals surface area contributed by atoms with Crippen LogP contribution in [0.15, 0.2) is 41.4 Å². The van der Waals surface area contributed by atoms with E-state index < -0.39 is 0 Å². The van der Waals surface area contributed by atoms with E-state index in [9.17, 15) is 4.79 Å². The molecule has 92 valence electrons. The third kappa shape index (κ3) is 1.76. The number of nitrogens with zero attached hydrogens (tertiary/aromatic N) is 2. The molecule has 2 atom stereocenters. The predicted molar refractivity (Wildman–Crippen MR) is 72.0 cm³/mol. The van der Waals surface area contributed by atoms with Gasteiger partial charge in [-0.25, -0.2) is 0 Å². The number of rotatable bonds is 1. The number of hydrogen-bond donors (Lipinski definition) is 0. The largest absolute Gasteiger partial charge is 0.338 e. The predicted octanol–water partition coefficient (Wildman–Crippen LogP) is 1.94. The lowest BCUT2D eigenvalue weighted by molar-refractivity contribution is 0.0669. The van der Waals surface area contributed by atoms with Gasteiger partial charge in [0.15, 0.2) is 0 Å². The molecule has 1 amide bonds. The second-order valence-electron chi connectivity index (χ2n) is 4.91. The van der Waals surface area contributed by atoms with Crippen molar-refractivity contribution in [2.24, 2.45) is 10.9 Å². The quantitative estimate of drug-likeness (QED) is 0.738. The number of benzene rings is 1. The molecular formula is C15H16N2O. The van der Waals surface area contributed by atoms with Crippen molar-refractivity contribution in [3.8, 4) is 0 Å². The van der Waals surface area contributed by atoms with Crippen molar-refractivity contribution in [3.63, 3.8) is 0 Å². The van der Waals surface area contributed by atoms with Crippen LogP contribution >= 0.6 is 0 Å². The van der Waals surface area contributed by atoms with E-state index in [-0.39, 0.29) is 11.9 Å². The summed E-state index contributed by atoms with van der Waals surface area (Å²) >= 11 is 0. The van der Waals surface area contributed by atoms with Gasteiger partial charge in [0, 0.05) is 37.3 Å². The number of amides is 1. The summed E-state index contributed by atoms with van der Waals surface area (Å²) in [5, 5.41) is 0. The fraction of sp³-hybridized carbons (Fsp3) is 0.333. The summed E-state index contributed by atoms with van der Waals surface area (Å²) in [6.45, 7) is 0.779. The summed E-state index contributed by atoms with van der Waals surface area (Å²) in [5.74, 6) is 0.460. The molecule has 0 N–H and O–H groups in total. The highest BCUT2D eigenvalue weighted by Gasteiger charge is 2.33. The van der Waals surface area contributed by atoms with Gasteiger partial charge in [-0.2, -0.15) is 0 Å². The van der Waals surface area contributed by atoms with Gasteiger partial charge in [-0.05, 0) is 24.1 Å². The number of allylic oxidation sites excluding steroid dienone is 1. The van der Waals surface area contributed by atoms with Crippen LogP contribution in [0.1, 0.15) is 15.9 Å². The van der Waals surface area contributed by atoms with Gasteiger partial charge in [0.1, 0.15) is 0 Å². The second-order valence-corrected chi connectivity index (χ2v) is 4.91. The van der Waals surface area contributed by atoms with Crippen LogP contribution in [0.5, 0.6) is 0 Å². The highest BCUT2D eigenvalue weighted by Crippen LogP contribution is 2.27. The first-order valence-corrected chi connectivity index (χ1v) is 6.29. The lowest BCUT2D eigenvalue weighted by Crippen LogP contribution is -2.47. The third-order valence-electron chi connectivity index (χ3n) is 3.85. The SMILES string of the molecule is CN1C(=O)c2ccccc2CC1C1C=CC=NC1. The van der Waals surface area contributed by atoms with Gasteiger partial charge in [-0.15, -0.1) is 0 Å². The van der Waals surface area contributed by atoms with E-state index >= 15 is 0 Å². The summed E-state index contributed by atoms with van der Waals surface area (Å²) in [5.41, 5.74) is 2.01. The van der Waals surface area contributed by atoms with E-state index in [2.05, 4.69) is 17.1 Å². The monoisotopic (exact) mass is 240 g/mol. The van der Waals surface area contributed by atoms with Gasteiger partial charge in [0.25, 0.3) is 5.91 Å². The van der Waals surface area contributed by atoms with Gasteiger partial charge in [0.2, 0.25) is 0 Å². The highest BCUT2D eigenvalue weighted by molar-refractivity contribution is 5.97. The maximum atomic E-state index is 12.3. The number of aliphatic imine (C=N–C) groups is 1. The summed E-state index contributed by atoms with van der Waals surface area (Å²) in [6, 6.07) is 8.13. The minimum atomic E-state index is 0.129. The molecule has 0 radical (unpaired) electrons. The molecule has 18 heavy (non-hydrogen) atoms. The number of fused-ring (bicyclic) bond motifs is 1. The van der Waals surface area contributed by atoms with Crippen molar-refractivity contribution < 1.29 is 4.79 Å². The Balaban J connectivity index is 1.93. The Labute approximate surface area is 107 Å². The average molecular weight is 240 g/mol. The molecule has 0 aliphatic carbocycles. The van der Waals surface area contributed by atoms with Gasteiger partial charge < -0.3 is 4.90 Å². The molecule has 3 heteroatoms. The smallest absolute Gasteiger partial charge is 0.254 e. The molecule has 2 aliphatic rings. The number of likely N-dealkylation sites (N-methyl/N-ethyl adjacent to an activating group) is 1. The van der Waals surface area contributed by atoms with Gasteiger partial charge in [0.05, 0.1) is 0 Å². The first kappa shape index (κ1) is 11.2. The molecule has 0 saturated carbocycles. The van der Waals surface area contributed by atoms with Crippen LogP contribution in [0.2, 0.25) is 0 Å². The molecule has 3 rings (SSSR count). The Bertz CT molecular complexity index is 533. The minimum Gasteiger partial charge on any atom is -0.338 e. The Kier molecular flexibility index (Phi) is 2.74. The highest BCUT2D eigenvalue weighted by atomic mass is 16.2. The van der Waals surface area contributed by atoms with Crippen molar-refractivity contribution in [1.82, 2.24) is 4.90 Å². The summed E-state index contributed by atoms with van der Waals surface area (Å²) in [4.78, 5) is 18.5. The zero-order valence-electron chi connectivity index (χ0n) is 10.4. The van der Waals surface area contributed by atoms with Gasteiger partial charge >= 0.3 is 0 Å². The first-order valence-electron chi connectivity index (χ1n) is 6.29. The maximum absolute atomic E-state index is 12.3. The van der Waals surface area contributed by atoms with Crippen molar-refractivity contribution in [1.29, 1.82) is 0 Å². The fourth-order valence-corrected chi connectivity index (χ4v) is 2.80. The molecule has 1 aromatic rings. The Morgan fingerprint density at radius 3 is 2.94 bits per heavy atom. The zero-order valence-corrected chi connectivity index (χ0v) is 10.4. The lowest BCUT2D eigenvalue weighted by Gasteiger charge is -2.37. The average Bonchev–Trinajstić information content (AvgIpc) is 2.44. The number of carbonyl (C=O) groups excluding carboxylic acids is 1. The molecule has 1 aromatic carbocycles. The van der Waals surface area contributed by atoms with Crippen molar-refractivity contribution in [2.45, 2.75) is 12.5 Å². The maximum Gasteiger partial charge on any atom is 0.254 e. The van der Waals surface area contributed by atoms with E-state index in [0.29, 0.717) is 5.92 Å². The molecule has 2 aliphatic heterocycles. The molecule has 0 aromatic heterocycles. The van der Waals surface area contributed by atoms with E-state index in [1.165, 1.54) is 0 Å². The molecule has 0 saturated heterocycles. The van der Waals surface area contributed by atoms with Crippen LogP contribution in [0, 0.1) is 5.92 Å². The molecule has 2 heterocycles. The fourth-order valence-electron chi connectivity index (χ4n) is 2.80. The summed E-state index contributed by atoms with van der Waals surface area (Å²) < 4.78 is 0. The van der Waals surface area contributed by atoms with Crippen molar-refractivity contribution in [3.05, 3.63) is 47.5 Å². The van der Waals surface area contributed by atoms with Crippen LogP contribution in [-0.2, 0) is 6.42 Å². The Hall–Kier alpha value is -1.90. The minimum absolute atomic E-state index is 0.129. The Morgan fingerprint density at radius 2 is 2.17 bits per heavy atom. The van der Waals surface area contributed by atoms with Crippen molar-refractivity contribution in [2.75, 3.05) is 13.6 Å². The number of carbonyl (C=O) groups is 1. The standard InChI is InChI=1S/C15H16N2O/c1-17-14(12-6-4-8-16-10-12)9-11-5-2-3-7-13(11)15(17)18/h2-8,12,14H,9-10H2,1H3. The molecule has 0 fully saturated rings. The Morgan fingerprint density at radius 1 is 1.33 bits per heavy atom. The molecule has 0 spiro atoms. The van der Waals surface area contributed by atoms with Crippen LogP contribution < -0.4 is 0 Å². The molecular weight excluding hydrogens is 224 g/mol. The second kappa shape index (κ2) is 4.41. The van der Waals surface area contributed by atoms with Crippen LogP contribution in [0.4, 0.5) is 0 Å². The van der Waals surface area contributed by atoms with E-state index in [1.807, 2.05) is 42.4 Å². The van der Waals surface area contributed by atoms with E-state index in [1.54, 1.807) is 0 Å². The van der Waals surface area contributed by atoms with Gasteiger partial charge in [-0.3, -0.25) is 9.79 Å². The summed E-state index contributed by atoms with van der Waals surface area (Å²) in [6.07, 6.45) is 6.89.